The van der Waals surface area contributed by atoms with Gasteiger partial charge in [0.25, 0.3) is 0 Å². The summed E-state index contributed by atoms with van der Waals surface area (Å²) in [6, 6.07) is 14.2. The number of hydrogen-bond donors (Lipinski definition) is 1. The molecule has 2 aliphatic heterocycles. The highest BCUT2D eigenvalue weighted by Gasteiger charge is 2.30. The van der Waals surface area contributed by atoms with E-state index in [1.54, 1.807) is 6.92 Å². The van der Waals surface area contributed by atoms with Crippen LogP contribution in [0.2, 0.25) is 0 Å². The van der Waals surface area contributed by atoms with Crippen molar-refractivity contribution in [3.8, 4) is 0 Å². The highest BCUT2D eigenvalue weighted by molar-refractivity contribution is 5.92. The molecule has 1 N–H and O–H groups in total. The Hall–Kier alpha value is -2.82. The Morgan fingerprint density at radius 3 is 2.55 bits per heavy atom. The molecular weight excluding hydrogens is 362 g/mol. The number of anilines is 2. The molecule has 1 fully saturated rings. The number of rotatable bonds is 4. The molecule has 0 radical (unpaired) electrons. The third-order valence-corrected chi connectivity index (χ3v) is 6.15. The summed E-state index contributed by atoms with van der Waals surface area (Å²) < 4.78 is 0. The number of fused-ring (bicyclic) bond motifs is 1. The molecule has 4 rings (SSSR count). The van der Waals surface area contributed by atoms with Crippen molar-refractivity contribution in [2.24, 2.45) is 0 Å². The van der Waals surface area contributed by atoms with Crippen LogP contribution >= 0.6 is 0 Å². The van der Waals surface area contributed by atoms with E-state index in [0.717, 1.165) is 36.3 Å². The van der Waals surface area contributed by atoms with Crippen LogP contribution in [0.4, 0.5) is 11.4 Å². The summed E-state index contributed by atoms with van der Waals surface area (Å²) in [5, 5.41) is 3.07. The van der Waals surface area contributed by atoms with Crippen LogP contribution in [0.5, 0.6) is 0 Å². The number of carbonyl (C=O) groups excluding carboxylic acids is 2. The van der Waals surface area contributed by atoms with Crippen LogP contribution in [0.15, 0.2) is 42.5 Å². The van der Waals surface area contributed by atoms with E-state index < -0.39 is 0 Å². The third-order valence-electron chi connectivity index (χ3n) is 6.15. The second-order valence-corrected chi connectivity index (χ2v) is 8.12. The Morgan fingerprint density at radius 2 is 1.83 bits per heavy atom. The molecule has 1 unspecified atom stereocenters. The molecule has 2 aromatic rings. The molecular formula is C24H29N3O2. The number of nitrogens with zero attached hydrogens (tertiary/aromatic N) is 2. The van der Waals surface area contributed by atoms with Gasteiger partial charge in [-0.1, -0.05) is 24.3 Å². The predicted molar refractivity (Wildman–Crippen MR) is 116 cm³/mol. The lowest BCUT2D eigenvalue weighted by molar-refractivity contribution is -0.132. The highest BCUT2D eigenvalue weighted by atomic mass is 16.2. The standard InChI is InChI=1S/C24H29N3O2/c1-17-15-20(26-12-5-6-13-26)9-10-22(17)25-24(29)16-23-21-8-4-3-7-19(21)11-14-27(23)18(2)28/h3-4,7-10,15,23H,5-6,11-14,16H2,1-2H3,(H,25,29). The number of amides is 2. The molecule has 0 aromatic heterocycles. The summed E-state index contributed by atoms with van der Waals surface area (Å²) >= 11 is 0. The van der Waals surface area contributed by atoms with Crippen LogP contribution in [0, 0.1) is 6.92 Å². The van der Waals surface area contributed by atoms with Crippen molar-refractivity contribution < 1.29 is 9.59 Å². The minimum atomic E-state index is -0.207. The molecule has 2 aliphatic rings. The molecule has 2 heterocycles. The Labute approximate surface area is 172 Å². The van der Waals surface area contributed by atoms with E-state index in [1.165, 1.54) is 24.1 Å². The molecule has 5 heteroatoms. The molecule has 1 atom stereocenters. The number of benzene rings is 2. The minimum Gasteiger partial charge on any atom is -0.372 e. The second kappa shape index (κ2) is 8.27. The SMILES string of the molecule is CC(=O)N1CCc2ccccc2C1CC(=O)Nc1ccc(N2CCCC2)cc1C. The van der Waals surface area contributed by atoms with Crippen molar-refractivity contribution >= 4 is 23.2 Å². The number of aryl methyl sites for hydroxylation is 1. The van der Waals surface area contributed by atoms with E-state index in [9.17, 15) is 9.59 Å². The molecule has 0 aliphatic carbocycles. The normalized spacial score (nSPS) is 18.5. The van der Waals surface area contributed by atoms with Gasteiger partial charge in [0, 0.05) is 37.9 Å². The summed E-state index contributed by atoms with van der Waals surface area (Å²) in [6.45, 7) is 6.49. The van der Waals surface area contributed by atoms with Crippen molar-refractivity contribution in [3.05, 3.63) is 59.2 Å². The van der Waals surface area contributed by atoms with Crippen LogP contribution in [-0.2, 0) is 16.0 Å². The van der Waals surface area contributed by atoms with Crippen molar-refractivity contribution in [3.63, 3.8) is 0 Å². The van der Waals surface area contributed by atoms with Gasteiger partial charge in [-0.3, -0.25) is 9.59 Å². The van der Waals surface area contributed by atoms with Crippen LogP contribution in [0.25, 0.3) is 0 Å². The Balaban J connectivity index is 1.49. The van der Waals surface area contributed by atoms with Crippen molar-refractivity contribution in [1.82, 2.24) is 4.90 Å². The zero-order valence-corrected chi connectivity index (χ0v) is 17.3. The van der Waals surface area contributed by atoms with Crippen LogP contribution in [0.3, 0.4) is 0 Å². The molecule has 1 saturated heterocycles. The zero-order chi connectivity index (χ0) is 20.4. The van der Waals surface area contributed by atoms with Gasteiger partial charge in [-0.15, -0.1) is 0 Å². The predicted octanol–water partition coefficient (Wildman–Crippen LogP) is 4.07. The van der Waals surface area contributed by atoms with Crippen molar-refractivity contribution in [2.75, 3.05) is 29.9 Å². The number of carbonyl (C=O) groups is 2. The van der Waals surface area contributed by atoms with E-state index in [0.29, 0.717) is 6.54 Å². The van der Waals surface area contributed by atoms with Crippen LogP contribution in [0.1, 0.15) is 48.9 Å². The number of nitrogens with one attached hydrogen (secondary N) is 1. The van der Waals surface area contributed by atoms with E-state index in [4.69, 9.17) is 0 Å². The summed E-state index contributed by atoms with van der Waals surface area (Å²) in [4.78, 5) is 29.3. The lowest BCUT2D eigenvalue weighted by Gasteiger charge is -2.36. The Morgan fingerprint density at radius 1 is 1.07 bits per heavy atom. The van der Waals surface area contributed by atoms with Crippen LogP contribution < -0.4 is 10.2 Å². The average molecular weight is 392 g/mol. The quantitative estimate of drug-likeness (QED) is 0.855. The fourth-order valence-electron chi connectivity index (χ4n) is 4.59. The fraction of sp³-hybridized carbons (Fsp3) is 0.417. The molecule has 2 aromatic carbocycles. The number of hydrogen-bond acceptors (Lipinski definition) is 3. The van der Waals surface area contributed by atoms with Crippen molar-refractivity contribution in [1.29, 1.82) is 0 Å². The average Bonchev–Trinajstić information content (AvgIpc) is 3.24. The zero-order valence-electron chi connectivity index (χ0n) is 17.3. The summed E-state index contributed by atoms with van der Waals surface area (Å²) in [5.74, 6) is -0.0431. The van der Waals surface area contributed by atoms with Gasteiger partial charge in [0.15, 0.2) is 0 Å². The monoisotopic (exact) mass is 391 g/mol. The first kappa shape index (κ1) is 19.5. The van der Waals surface area contributed by atoms with Gasteiger partial charge >= 0.3 is 0 Å². The molecule has 0 bridgehead atoms. The lowest BCUT2D eigenvalue weighted by Crippen LogP contribution is -2.40. The summed E-state index contributed by atoms with van der Waals surface area (Å²) in [6.07, 6.45) is 3.59. The van der Waals surface area contributed by atoms with E-state index in [1.807, 2.05) is 36.1 Å². The van der Waals surface area contributed by atoms with Gasteiger partial charge in [-0.25, -0.2) is 0 Å². The molecule has 29 heavy (non-hydrogen) atoms. The van der Waals surface area contributed by atoms with Crippen molar-refractivity contribution in [2.45, 2.75) is 45.6 Å². The minimum absolute atomic E-state index is 0.0171. The maximum absolute atomic E-state index is 12.9. The second-order valence-electron chi connectivity index (χ2n) is 8.12. The fourth-order valence-corrected chi connectivity index (χ4v) is 4.59. The van der Waals surface area contributed by atoms with Gasteiger partial charge in [-0.2, -0.15) is 0 Å². The smallest absolute Gasteiger partial charge is 0.226 e. The van der Waals surface area contributed by atoms with Gasteiger partial charge in [-0.05, 0) is 61.1 Å². The van der Waals surface area contributed by atoms with E-state index in [-0.39, 0.29) is 24.3 Å². The van der Waals surface area contributed by atoms with Gasteiger partial charge in [0.05, 0.1) is 12.5 Å². The first-order valence-corrected chi connectivity index (χ1v) is 10.5. The Bertz CT molecular complexity index is 918. The van der Waals surface area contributed by atoms with Gasteiger partial charge in [0.1, 0.15) is 0 Å². The first-order chi connectivity index (χ1) is 14.0. The van der Waals surface area contributed by atoms with Gasteiger partial charge < -0.3 is 15.1 Å². The first-order valence-electron chi connectivity index (χ1n) is 10.5. The molecule has 152 valence electrons. The third kappa shape index (κ3) is 4.14. The molecule has 2 amide bonds. The summed E-state index contributed by atoms with van der Waals surface area (Å²) in [5.41, 5.74) is 5.45. The largest absolute Gasteiger partial charge is 0.372 e. The Kier molecular flexibility index (Phi) is 5.56. The summed E-state index contributed by atoms with van der Waals surface area (Å²) in [7, 11) is 0. The highest BCUT2D eigenvalue weighted by Crippen LogP contribution is 2.33. The molecule has 0 spiro atoms. The van der Waals surface area contributed by atoms with Crippen LogP contribution in [-0.4, -0.2) is 36.3 Å². The molecule has 5 nitrogen and oxygen atoms in total. The topological polar surface area (TPSA) is 52.7 Å². The van der Waals surface area contributed by atoms with Gasteiger partial charge in [0.2, 0.25) is 11.8 Å². The maximum atomic E-state index is 12.9. The molecule has 0 saturated carbocycles. The van der Waals surface area contributed by atoms with E-state index >= 15 is 0 Å². The maximum Gasteiger partial charge on any atom is 0.226 e. The van der Waals surface area contributed by atoms with E-state index in [2.05, 4.69) is 28.4 Å². The lowest BCUT2D eigenvalue weighted by atomic mass is 9.90.